The van der Waals surface area contributed by atoms with Crippen LogP contribution in [0, 0.1) is 0 Å². The molecular weight excluding hydrogens is 306 g/mol. The minimum absolute atomic E-state index is 0.107. The van der Waals surface area contributed by atoms with E-state index in [9.17, 15) is 13.2 Å². The van der Waals surface area contributed by atoms with Crippen LogP contribution in [-0.4, -0.2) is 63.4 Å². The lowest BCUT2D eigenvalue weighted by molar-refractivity contribution is 0.122. The van der Waals surface area contributed by atoms with Crippen LogP contribution in [-0.2, 0) is 14.8 Å². The van der Waals surface area contributed by atoms with Gasteiger partial charge in [-0.2, -0.15) is 0 Å². The van der Waals surface area contributed by atoms with Crippen molar-refractivity contribution in [1.29, 1.82) is 0 Å². The Kier molecular flexibility index (Phi) is 7.08. The number of urea groups is 1. The normalized spacial score (nSPS) is 20.4. The van der Waals surface area contributed by atoms with Crippen LogP contribution in [0.3, 0.4) is 0 Å². The lowest BCUT2D eigenvalue weighted by Crippen LogP contribution is -2.59. The van der Waals surface area contributed by atoms with Crippen molar-refractivity contribution >= 4 is 16.1 Å². The third-order valence-corrected chi connectivity index (χ3v) is 5.61. The second-order valence-corrected chi connectivity index (χ2v) is 8.08. The lowest BCUT2D eigenvalue weighted by Gasteiger charge is -2.41. The van der Waals surface area contributed by atoms with Crippen molar-refractivity contribution in [2.75, 3.05) is 33.1 Å². The number of ether oxygens (including phenoxy) is 1. The highest BCUT2D eigenvalue weighted by molar-refractivity contribution is 7.88. The molecule has 1 fully saturated rings. The molecule has 0 saturated carbocycles. The van der Waals surface area contributed by atoms with E-state index in [-0.39, 0.29) is 12.1 Å². The molecule has 22 heavy (non-hydrogen) atoms. The highest BCUT2D eigenvalue weighted by Crippen LogP contribution is 2.27. The topological polar surface area (TPSA) is 87.7 Å². The van der Waals surface area contributed by atoms with E-state index >= 15 is 0 Å². The quantitative estimate of drug-likeness (QED) is 0.724. The van der Waals surface area contributed by atoms with Gasteiger partial charge in [-0.3, -0.25) is 0 Å². The molecule has 8 heteroatoms. The highest BCUT2D eigenvalue weighted by atomic mass is 32.2. The predicted molar refractivity (Wildman–Crippen MR) is 86.3 cm³/mol. The second-order valence-electron chi connectivity index (χ2n) is 6.09. The van der Waals surface area contributed by atoms with E-state index in [0.717, 1.165) is 6.42 Å². The Morgan fingerprint density at radius 2 is 1.95 bits per heavy atom. The summed E-state index contributed by atoms with van der Waals surface area (Å²) in [4.78, 5) is 12.1. The molecule has 1 atom stereocenters. The highest BCUT2D eigenvalue weighted by Gasteiger charge is 2.38. The van der Waals surface area contributed by atoms with Crippen molar-refractivity contribution in [3.8, 4) is 0 Å². The van der Waals surface area contributed by atoms with Crippen molar-refractivity contribution in [3.63, 3.8) is 0 Å². The summed E-state index contributed by atoms with van der Waals surface area (Å²) in [5.74, 6) is 0. The van der Waals surface area contributed by atoms with E-state index in [0.29, 0.717) is 39.0 Å². The lowest BCUT2D eigenvalue weighted by atomic mass is 9.85. The fourth-order valence-electron chi connectivity index (χ4n) is 2.58. The summed E-state index contributed by atoms with van der Waals surface area (Å²) in [6.45, 7) is 5.34. The van der Waals surface area contributed by atoms with Crippen LogP contribution in [0.1, 0.15) is 39.5 Å². The summed E-state index contributed by atoms with van der Waals surface area (Å²) >= 11 is 0. The van der Waals surface area contributed by atoms with Crippen LogP contribution in [0.5, 0.6) is 0 Å². The number of carbonyl (C=O) groups excluding carboxylic acids is 1. The molecule has 0 bridgehead atoms. The minimum atomic E-state index is -3.17. The van der Waals surface area contributed by atoms with Gasteiger partial charge >= 0.3 is 6.03 Å². The first-order chi connectivity index (χ1) is 10.2. The summed E-state index contributed by atoms with van der Waals surface area (Å²) in [7, 11) is -1.55. The average molecular weight is 335 g/mol. The van der Waals surface area contributed by atoms with Gasteiger partial charge in [0.25, 0.3) is 0 Å². The molecule has 1 heterocycles. The Labute approximate surface area is 133 Å². The predicted octanol–water partition coefficient (Wildman–Crippen LogP) is 0.915. The Morgan fingerprint density at radius 3 is 2.41 bits per heavy atom. The summed E-state index contributed by atoms with van der Waals surface area (Å²) in [6, 6.07) is -0.0890. The molecule has 1 aliphatic rings. The molecule has 0 aromatic heterocycles. The number of hydrogen-bond donors (Lipinski definition) is 2. The molecule has 1 unspecified atom stereocenters. The first-order valence-corrected chi connectivity index (χ1v) is 9.60. The van der Waals surface area contributed by atoms with E-state index in [1.807, 2.05) is 13.8 Å². The Balaban J connectivity index is 2.70. The maximum atomic E-state index is 12.1. The van der Waals surface area contributed by atoms with Crippen LogP contribution in [0.15, 0.2) is 0 Å². The van der Waals surface area contributed by atoms with E-state index in [1.54, 1.807) is 7.11 Å². The molecule has 0 aromatic rings. The van der Waals surface area contributed by atoms with Crippen LogP contribution < -0.4 is 10.6 Å². The van der Waals surface area contributed by atoms with Crippen LogP contribution in [0.2, 0.25) is 0 Å². The van der Waals surface area contributed by atoms with Gasteiger partial charge in [-0.15, -0.1) is 0 Å². The molecular formula is C14H29N3O4S. The molecule has 1 aliphatic heterocycles. The molecule has 0 aromatic carbocycles. The van der Waals surface area contributed by atoms with Crippen molar-refractivity contribution < 1.29 is 17.9 Å². The summed E-state index contributed by atoms with van der Waals surface area (Å²) in [6.07, 6.45) is 3.95. The molecule has 0 radical (unpaired) electrons. The van der Waals surface area contributed by atoms with Crippen LogP contribution in [0.25, 0.3) is 0 Å². The van der Waals surface area contributed by atoms with Crippen molar-refractivity contribution in [1.82, 2.24) is 14.9 Å². The largest absolute Gasteiger partial charge is 0.385 e. The van der Waals surface area contributed by atoms with E-state index in [4.69, 9.17) is 4.74 Å². The van der Waals surface area contributed by atoms with Gasteiger partial charge in [-0.05, 0) is 32.6 Å². The molecule has 2 amide bonds. The number of rotatable bonds is 7. The first-order valence-electron chi connectivity index (χ1n) is 7.75. The Morgan fingerprint density at radius 1 is 1.36 bits per heavy atom. The third kappa shape index (κ3) is 5.73. The monoisotopic (exact) mass is 335 g/mol. The molecule has 0 aliphatic carbocycles. The zero-order valence-corrected chi connectivity index (χ0v) is 14.8. The van der Waals surface area contributed by atoms with Crippen molar-refractivity contribution in [3.05, 3.63) is 0 Å². The smallest absolute Gasteiger partial charge is 0.315 e. The van der Waals surface area contributed by atoms with Crippen LogP contribution >= 0.6 is 0 Å². The Bertz CT molecular complexity index is 459. The molecule has 1 saturated heterocycles. The van der Waals surface area contributed by atoms with Gasteiger partial charge in [0.15, 0.2) is 0 Å². The van der Waals surface area contributed by atoms with Gasteiger partial charge in [0, 0.05) is 38.4 Å². The maximum Gasteiger partial charge on any atom is 0.315 e. The number of piperidine rings is 1. The maximum absolute atomic E-state index is 12.1. The minimum Gasteiger partial charge on any atom is -0.385 e. The number of nitrogens with zero attached hydrogens (tertiary/aromatic N) is 1. The van der Waals surface area contributed by atoms with Crippen molar-refractivity contribution in [2.45, 2.75) is 51.1 Å². The van der Waals surface area contributed by atoms with Gasteiger partial charge in [-0.25, -0.2) is 17.5 Å². The number of hydrogen-bond acceptors (Lipinski definition) is 4. The van der Waals surface area contributed by atoms with Gasteiger partial charge in [0.1, 0.15) is 0 Å². The van der Waals surface area contributed by atoms with E-state index in [2.05, 4.69) is 10.6 Å². The van der Waals surface area contributed by atoms with Gasteiger partial charge in [0.05, 0.1) is 6.26 Å². The van der Waals surface area contributed by atoms with Gasteiger partial charge in [0.2, 0.25) is 10.0 Å². The standard InChI is InChI=1S/C14H29N3O4S/c1-5-12(2)15-13(18)16-14(8-11-21-3)6-9-17(10-7-14)22(4,19)20/h12H,5-11H2,1-4H3,(H2,15,16,18). The molecule has 7 nitrogen and oxygen atoms in total. The summed E-state index contributed by atoms with van der Waals surface area (Å²) < 4.78 is 29.8. The molecule has 0 spiro atoms. The van der Waals surface area contributed by atoms with Gasteiger partial charge < -0.3 is 15.4 Å². The second kappa shape index (κ2) is 8.12. The fraction of sp³-hybridized carbons (Fsp3) is 0.929. The zero-order chi connectivity index (χ0) is 16.8. The van der Waals surface area contributed by atoms with E-state index < -0.39 is 15.6 Å². The fourth-order valence-corrected chi connectivity index (χ4v) is 3.43. The summed E-state index contributed by atoms with van der Waals surface area (Å²) in [5, 5.41) is 5.95. The average Bonchev–Trinajstić information content (AvgIpc) is 2.44. The number of nitrogens with one attached hydrogen (secondary N) is 2. The molecule has 1 rings (SSSR count). The third-order valence-electron chi connectivity index (χ3n) is 4.30. The molecule has 2 N–H and O–H groups in total. The zero-order valence-electron chi connectivity index (χ0n) is 14.0. The Hall–Kier alpha value is -0.860. The number of methoxy groups -OCH3 is 1. The molecule has 130 valence electrons. The number of amides is 2. The summed E-state index contributed by atoms with van der Waals surface area (Å²) in [5.41, 5.74) is -0.408. The number of sulfonamides is 1. The van der Waals surface area contributed by atoms with Gasteiger partial charge in [-0.1, -0.05) is 6.92 Å². The van der Waals surface area contributed by atoms with E-state index in [1.165, 1.54) is 10.6 Å². The number of carbonyl (C=O) groups is 1. The van der Waals surface area contributed by atoms with Crippen molar-refractivity contribution in [2.24, 2.45) is 0 Å². The van der Waals surface area contributed by atoms with Crippen LogP contribution in [0.4, 0.5) is 4.79 Å². The SMILES string of the molecule is CCC(C)NC(=O)NC1(CCOC)CCN(S(C)(=O)=O)CC1. The first kappa shape index (κ1) is 19.2.